The summed E-state index contributed by atoms with van der Waals surface area (Å²) in [5.74, 6) is -1.94. The summed E-state index contributed by atoms with van der Waals surface area (Å²) < 4.78 is 34.0. The average Bonchev–Trinajstić information content (AvgIpc) is 2.62. The van der Waals surface area contributed by atoms with Gasteiger partial charge >= 0.3 is 0 Å². The van der Waals surface area contributed by atoms with E-state index < -0.39 is 28.3 Å². The monoisotopic (exact) mass is 389 g/mol. The summed E-state index contributed by atoms with van der Waals surface area (Å²) in [6.45, 7) is 7.18. The fraction of sp³-hybridized carbons (Fsp3) is 0.150. The summed E-state index contributed by atoms with van der Waals surface area (Å²) in [6, 6.07) is 5.00. The van der Waals surface area contributed by atoms with Crippen LogP contribution in [-0.4, -0.2) is 30.2 Å². The molecule has 0 saturated carbocycles. The van der Waals surface area contributed by atoms with Crippen molar-refractivity contribution in [2.45, 2.75) is 19.2 Å². The minimum absolute atomic E-state index is 0.00919. The first-order valence-corrected chi connectivity index (χ1v) is 8.54. The van der Waals surface area contributed by atoms with Gasteiger partial charge in [-0.1, -0.05) is 6.58 Å². The largest absolute Gasteiger partial charge is 0.501 e. The molecule has 3 heterocycles. The second-order valence-electron chi connectivity index (χ2n) is 6.48. The molecule has 29 heavy (non-hydrogen) atoms. The van der Waals surface area contributed by atoms with Crippen molar-refractivity contribution in [2.75, 3.05) is 0 Å². The van der Waals surface area contributed by atoms with Gasteiger partial charge in [0, 0.05) is 24.0 Å². The summed E-state index contributed by atoms with van der Waals surface area (Å²) in [7, 11) is 11.7. The second-order valence-corrected chi connectivity index (χ2v) is 6.48. The predicted molar refractivity (Wildman–Crippen MR) is 107 cm³/mol. The number of pyridine rings is 3. The van der Waals surface area contributed by atoms with Gasteiger partial charge in [0.1, 0.15) is 38.8 Å². The van der Waals surface area contributed by atoms with Gasteiger partial charge in [0.2, 0.25) is 0 Å². The third-order valence-corrected chi connectivity index (χ3v) is 4.20. The first kappa shape index (κ1) is 20.5. The number of halogens is 2. The van der Waals surface area contributed by atoms with E-state index in [9.17, 15) is 13.6 Å². The van der Waals surface area contributed by atoms with E-state index in [2.05, 4.69) is 16.5 Å². The molecule has 3 aromatic heterocycles. The van der Waals surface area contributed by atoms with E-state index in [1.807, 2.05) is 6.92 Å². The number of aromatic nitrogens is 3. The maximum absolute atomic E-state index is 14.0. The molecular formula is C20H15B2F2N3O2. The molecule has 0 N–H and O–H groups in total. The number of ether oxygens (including phenoxy) is 1. The van der Waals surface area contributed by atoms with Crippen molar-refractivity contribution in [1.29, 1.82) is 0 Å². The third-order valence-electron chi connectivity index (χ3n) is 4.20. The minimum atomic E-state index is -2.22. The molecule has 3 aromatic rings. The third kappa shape index (κ3) is 4.13. The fourth-order valence-electron chi connectivity index (χ4n) is 2.87. The van der Waals surface area contributed by atoms with E-state index in [-0.39, 0.29) is 5.75 Å². The van der Waals surface area contributed by atoms with Gasteiger partial charge in [-0.25, -0.2) is 8.78 Å². The summed E-state index contributed by atoms with van der Waals surface area (Å²) in [4.78, 5) is 20.5. The lowest BCUT2D eigenvalue weighted by atomic mass is 9.62. The maximum atomic E-state index is 14.0. The smallest absolute Gasteiger partial charge is 0.259 e. The highest BCUT2D eigenvalue weighted by Gasteiger charge is 2.28. The van der Waals surface area contributed by atoms with Crippen molar-refractivity contribution in [2.24, 2.45) is 0 Å². The molecule has 3 rings (SSSR count). The van der Waals surface area contributed by atoms with Crippen LogP contribution >= 0.6 is 0 Å². The van der Waals surface area contributed by atoms with E-state index >= 15 is 0 Å². The molecule has 0 amide bonds. The molecule has 0 bridgehead atoms. The van der Waals surface area contributed by atoms with Crippen molar-refractivity contribution >= 4 is 21.8 Å². The molecular weight excluding hydrogens is 374 g/mol. The Bertz CT molecular complexity index is 1160. The van der Waals surface area contributed by atoms with Crippen LogP contribution in [-0.2, 0) is 5.40 Å². The van der Waals surface area contributed by atoms with Crippen LogP contribution in [0.5, 0.6) is 5.75 Å². The van der Waals surface area contributed by atoms with Crippen LogP contribution < -0.4 is 10.3 Å². The van der Waals surface area contributed by atoms with Gasteiger partial charge in [-0.05, 0) is 37.6 Å². The van der Waals surface area contributed by atoms with E-state index in [4.69, 9.17) is 20.4 Å². The Morgan fingerprint density at radius 1 is 1.14 bits per heavy atom. The summed E-state index contributed by atoms with van der Waals surface area (Å²) in [6.07, 6.45) is 3.97. The van der Waals surface area contributed by atoms with Crippen LogP contribution in [0.3, 0.4) is 0 Å². The molecule has 0 aliphatic rings. The van der Waals surface area contributed by atoms with Gasteiger partial charge in [-0.3, -0.25) is 19.3 Å². The fourth-order valence-corrected chi connectivity index (χ4v) is 2.87. The first-order valence-electron chi connectivity index (χ1n) is 8.54. The number of hydrogen-bond acceptors (Lipinski definition) is 4. The zero-order chi connectivity index (χ0) is 21.3. The van der Waals surface area contributed by atoms with E-state index in [0.717, 1.165) is 17.8 Å². The standard InChI is InChI=1S/C20H15B2F2N3O2/c1-4-14-7-17(11(2)9-25-14)27-12(3)5-15(8-18(27)28)29-20(21,22)19-16(24)6-13(23)10-26-19/h4-10H,1H2,2-3H3. The quantitative estimate of drug-likeness (QED) is 0.630. The van der Waals surface area contributed by atoms with Crippen molar-refractivity contribution in [3.8, 4) is 11.4 Å². The molecule has 9 heteroatoms. The Balaban J connectivity index is 2.02. The van der Waals surface area contributed by atoms with E-state index in [1.54, 1.807) is 25.3 Å². The number of hydrogen-bond donors (Lipinski definition) is 0. The first-order chi connectivity index (χ1) is 13.6. The lowest BCUT2D eigenvalue weighted by Gasteiger charge is -2.28. The van der Waals surface area contributed by atoms with Crippen LogP contribution in [0, 0.1) is 25.5 Å². The van der Waals surface area contributed by atoms with Gasteiger partial charge in [-0.2, -0.15) is 0 Å². The number of aryl methyl sites for hydroxylation is 2. The van der Waals surface area contributed by atoms with Crippen LogP contribution in [0.25, 0.3) is 11.8 Å². The predicted octanol–water partition coefficient (Wildman–Crippen LogP) is 2.69. The van der Waals surface area contributed by atoms with Crippen LogP contribution in [0.15, 0.2) is 48.0 Å². The zero-order valence-electron chi connectivity index (χ0n) is 15.8. The van der Waals surface area contributed by atoms with Gasteiger partial charge < -0.3 is 4.74 Å². The van der Waals surface area contributed by atoms with E-state index in [1.165, 1.54) is 10.6 Å². The second kappa shape index (κ2) is 7.66. The summed E-state index contributed by atoms with van der Waals surface area (Å²) in [5.41, 5.74) is 1.60. The van der Waals surface area contributed by atoms with Gasteiger partial charge in [0.25, 0.3) is 5.56 Å². The highest BCUT2D eigenvalue weighted by atomic mass is 19.1. The molecule has 0 aromatic carbocycles. The molecule has 0 fully saturated rings. The molecule has 0 atom stereocenters. The topological polar surface area (TPSA) is 57.0 Å². The molecule has 0 aliphatic carbocycles. The molecule has 0 unspecified atom stereocenters. The average molecular weight is 389 g/mol. The molecule has 0 saturated heterocycles. The van der Waals surface area contributed by atoms with Crippen LogP contribution in [0.1, 0.15) is 22.6 Å². The Morgan fingerprint density at radius 2 is 1.86 bits per heavy atom. The minimum Gasteiger partial charge on any atom is -0.501 e. The summed E-state index contributed by atoms with van der Waals surface area (Å²) in [5, 5.41) is -2.22. The molecule has 5 nitrogen and oxygen atoms in total. The normalized spacial score (nSPS) is 11.3. The van der Waals surface area contributed by atoms with Gasteiger partial charge in [0.05, 0.1) is 23.0 Å². The molecule has 142 valence electrons. The van der Waals surface area contributed by atoms with E-state index in [0.29, 0.717) is 23.1 Å². The van der Waals surface area contributed by atoms with Crippen molar-refractivity contribution in [3.05, 3.63) is 87.9 Å². The van der Waals surface area contributed by atoms with Crippen molar-refractivity contribution in [1.82, 2.24) is 14.5 Å². The van der Waals surface area contributed by atoms with Gasteiger partial charge in [0.15, 0.2) is 0 Å². The number of nitrogens with zero attached hydrogens (tertiary/aromatic N) is 3. The van der Waals surface area contributed by atoms with Gasteiger partial charge in [-0.15, -0.1) is 0 Å². The number of rotatable bonds is 5. The zero-order valence-corrected chi connectivity index (χ0v) is 15.8. The maximum Gasteiger partial charge on any atom is 0.259 e. The SMILES string of the molecule is [B]C([B])(Oc1cc(C)n(-c2cc(C=C)ncc2C)c(=O)c1)c1ncc(F)cc1F. The van der Waals surface area contributed by atoms with Crippen molar-refractivity contribution < 1.29 is 13.5 Å². The lowest BCUT2D eigenvalue weighted by molar-refractivity contribution is 0.231. The highest BCUT2D eigenvalue weighted by Crippen LogP contribution is 2.25. The van der Waals surface area contributed by atoms with Crippen LogP contribution in [0.2, 0.25) is 0 Å². The highest BCUT2D eigenvalue weighted by molar-refractivity contribution is 6.38. The summed E-state index contributed by atoms with van der Waals surface area (Å²) >= 11 is 0. The van der Waals surface area contributed by atoms with Crippen molar-refractivity contribution in [3.63, 3.8) is 0 Å². The molecule has 0 aliphatic heterocycles. The Labute approximate surface area is 168 Å². The molecule has 0 spiro atoms. The Morgan fingerprint density at radius 3 is 2.48 bits per heavy atom. The Hall–Kier alpha value is -3.22. The molecule has 4 radical (unpaired) electrons. The van der Waals surface area contributed by atoms with Crippen LogP contribution in [0.4, 0.5) is 8.78 Å². The Kier molecular flexibility index (Phi) is 5.42. The lowest BCUT2D eigenvalue weighted by Crippen LogP contribution is -2.37.